The predicted octanol–water partition coefficient (Wildman–Crippen LogP) is -2.49. The molecule has 0 rings (SSSR count). The van der Waals surface area contributed by atoms with Crippen LogP contribution >= 0.6 is 0 Å². The van der Waals surface area contributed by atoms with Crippen molar-refractivity contribution in [3.63, 3.8) is 0 Å². The zero-order valence-electron chi connectivity index (χ0n) is 2.53. The Kier molecular flexibility index (Phi) is 156. The molecule has 4 heteroatoms. The van der Waals surface area contributed by atoms with Crippen LogP contribution in [0, 0.1) is 0 Å². The van der Waals surface area contributed by atoms with E-state index in [1.165, 1.54) is 0 Å². The largest absolute Gasteiger partial charge is 2.00 e. The van der Waals surface area contributed by atoms with Gasteiger partial charge in [-0.3, -0.25) is 0 Å². The van der Waals surface area contributed by atoms with Gasteiger partial charge in [0, 0.05) is 0 Å². The van der Waals surface area contributed by atoms with Crippen LogP contribution in [0.1, 0.15) is 0 Å². The van der Waals surface area contributed by atoms with Crippen molar-refractivity contribution in [1.29, 1.82) is 0 Å². The van der Waals surface area contributed by atoms with E-state index in [-0.39, 0.29) is 75.6 Å². The van der Waals surface area contributed by atoms with E-state index in [0.29, 0.717) is 0 Å². The quantitative estimate of drug-likeness (QED) is 0.390. The van der Waals surface area contributed by atoms with Crippen molar-refractivity contribution in [3.8, 4) is 0 Å². The van der Waals surface area contributed by atoms with E-state index in [9.17, 15) is 0 Å². The summed E-state index contributed by atoms with van der Waals surface area (Å²) in [5.74, 6) is 0. The maximum absolute atomic E-state index is 0. The van der Waals surface area contributed by atoms with Gasteiger partial charge in [0.05, 0.1) is 0 Å². The second-order valence-corrected chi connectivity index (χ2v) is 0. The fourth-order valence-corrected chi connectivity index (χ4v) is 0. The maximum atomic E-state index is 0. The first-order valence-electron chi connectivity index (χ1n) is 0. The van der Waals surface area contributed by atoms with Crippen LogP contribution in [0.4, 0.5) is 0 Å². The van der Waals surface area contributed by atoms with Gasteiger partial charge in [-0.1, -0.05) is 0 Å². The first-order chi connectivity index (χ1) is 0. The summed E-state index contributed by atoms with van der Waals surface area (Å²) in [6, 6.07) is 0. The van der Waals surface area contributed by atoms with Gasteiger partial charge < -0.3 is 5.48 Å². The molecular formula is H6BiOSbZn. The summed E-state index contributed by atoms with van der Waals surface area (Å²) in [6.45, 7) is 0. The fourth-order valence-electron chi connectivity index (χ4n) is 0. The minimum Gasteiger partial charge on any atom is 2.00 e. The third-order valence-electron chi connectivity index (χ3n) is 0. The Labute approximate surface area is 74.6 Å². The third-order valence-corrected chi connectivity index (χ3v) is 0. The molecule has 1 nitrogen and oxygen atoms in total. The molecule has 0 N–H and O–H groups in total. The normalized spacial score (nSPS) is 0. The molecule has 24 valence electrons. The smallest absolute Gasteiger partial charge is 2.00 e. The molecule has 0 aromatic carbocycles. The standard InChI is InChI=1S/Bi.O.Sb.Zn.6H/q;-2;;+2;;;;;;. The van der Waals surface area contributed by atoms with E-state index in [2.05, 4.69) is 0 Å². The summed E-state index contributed by atoms with van der Waals surface area (Å²) < 4.78 is 0. The Balaban J connectivity index is 0. The average molecular weight is 418 g/mol. The van der Waals surface area contributed by atoms with Crippen molar-refractivity contribution in [2.45, 2.75) is 0 Å². The molecule has 0 aliphatic carbocycles. The van der Waals surface area contributed by atoms with E-state index in [4.69, 9.17) is 0 Å². The third kappa shape index (κ3) is 8.86. The second-order valence-electron chi connectivity index (χ2n) is 0. The first kappa shape index (κ1) is 33.6. The fraction of sp³-hybridized carbons (Fsp3) is 0. The van der Waals surface area contributed by atoms with Gasteiger partial charge in [-0.2, -0.15) is 0 Å². The van der Waals surface area contributed by atoms with Gasteiger partial charge in [-0.05, 0) is 0 Å². The minimum atomic E-state index is 0. The molecule has 0 fully saturated rings. The van der Waals surface area contributed by atoms with Crippen molar-refractivity contribution < 1.29 is 25.0 Å². The summed E-state index contributed by atoms with van der Waals surface area (Å²) in [4.78, 5) is 0. The van der Waals surface area contributed by atoms with Gasteiger partial charge in [0.15, 0.2) is 0 Å². The zero-order chi connectivity index (χ0) is 0. The zero-order valence-corrected chi connectivity index (χ0v) is 15.0. The van der Waals surface area contributed by atoms with Crippen LogP contribution in [0.5, 0.6) is 0 Å². The predicted molar refractivity (Wildman–Crippen MR) is 20.6 cm³/mol. The van der Waals surface area contributed by atoms with Gasteiger partial charge in [0.1, 0.15) is 0 Å². The van der Waals surface area contributed by atoms with Crippen LogP contribution in [0.3, 0.4) is 0 Å². The van der Waals surface area contributed by atoms with Gasteiger partial charge in [0.2, 0.25) is 0 Å². The monoisotopic (exact) mass is 416 g/mol. The van der Waals surface area contributed by atoms with Crippen LogP contribution in [0.25, 0.3) is 0 Å². The molecule has 0 atom stereocenters. The molecule has 0 saturated heterocycles. The SMILES string of the molecule is [BiH3].[O-2].[SbH3].[Zn+2]. The molecule has 0 heterocycles. The molecule has 0 radical (unpaired) electrons. The second kappa shape index (κ2) is 18.6. The summed E-state index contributed by atoms with van der Waals surface area (Å²) >= 11 is 0. The van der Waals surface area contributed by atoms with Crippen molar-refractivity contribution in [2.24, 2.45) is 0 Å². The Morgan fingerprint density at radius 2 is 1.00 bits per heavy atom. The topological polar surface area (TPSA) is 28.5 Å². The Morgan fingerprint density at radius 3 is 1.00 bits per heavy atom. The molecule has 0 aromatic rings. The first-order valence-corrected chi connectivity index (χ1v) is 0. The van der Waals surface area contributed by atoms with Crippen molar-refractivity contribution in [2.75, 3.05) is 0 Å². The molecule has 0 saturated carbocycles. The van der Waals surface area contributed by atoms with Crippen LogP contribution in [0.15, 0.2) is 0 Å². The van der Waals surface area contributed by atoms with Gasteiger partial charge in [-0.25, -0.2) is 0 Å². The summed E-state index contributed by atoms with van der Waals surface area (Å²) in [5, 5.41) is 0. The molecule has 0 aliphatic heterocycles. The number of rotatable bonds is 0. The molecule has 4 heavy (non-hydrogen) atoms. The summed E-state index contributed by atoms with van der Waals surface area (Å²) in [5.41, 5.74) is 0. The van der Waals surface area contributed by atoms with Crippen LogP contribution in [0.2, 0.25) is 0 Å². The van der Waals surface area contributed by atoms with E-state index in [0.717, 1.165) is 0 Å². The van der Waals surface area contributed by atoms with Gasteiger partial charge >= 0.3 is 70.1 Å². The molecule has 0 spiro atoms. The Hall–Kier alpha value is 2.28. The summed E-state index contributed by atoms with van der Waals surface area (Å²) in [6.07, 6.45) is 0. The van der Waals surface area contributed by atoms with Crippen molar-refractivity contribution in [1.82, 2.24) is 0 Å². The number of hydrogen-bond acceptors (Lipinski definition) is 0. The van der Waals surface area contributed by atoms with E-state index in [1.54, 1.807) is 0 Å². The minimum absolute atomic E-state index is 0. The molecule has 0 amide bonds. The van der Waals surface area contributed by atoms with Gasteiger partial charge in [-0.15, -0.1) is 0 Å². The van der Waals surface area contributed by atoms with Crippen LogP contribution in [-0.2, 0) is 25.0 Å². The van der Waals surface area contributed by atoms with Crippen molar-refractivity contribution in [3.05, 3.63) is 0 Å². The van der Waals surface area contributed by atoms with E-state index < -0.39 is 0 Å². The maximum Gasteiger partial charge on any atom is 2.00 e. The van der Waals surface area contributed by atoms with E-state index in [1.807, 2.05) is 0 Å². The van der Waals surface area contributed by atoms with Crippen LogP contribution < -0.4 is 0 Å². The Bertz CT molecular complexity index is 8.00. The van der Waals surface area contributed by atoms with Crippen LogP contribution in [-0.4, -0.2) is 50.6 Å². The molecule has 0 bridgehead atoms. The van der Waals surface area contributed by atoms with Crippen molar-refractivity contribution >= 4 is 50.6 Å². The average Bonchev–Trinajstić information content (AvgIpc) is 0. The van der Waals surface area contributed by atoms with E-state index >= 15 is 0 Å². The Morgan fingerprint density at radius 1 is 1.00 bits per heavy atom. The van der Waals surface area contributed by atoms with Gasteiger partial charge in [0.25, 0.3) is 0 Å². The molecule has 0 aliphatic rings. The molecular weight excluding hydrogens is 412 g/mol. The summed E-state index contributed by atoms with van der Waals surface area (Å²) in [7, 11) is 0. The molecule has 0 aromatic heterocycles. The molecule has 0 unspecified atom stereocenters. The number of hydrogen-bond donors (Lipinski definition) is 0.